The lowest BCUT2D eigenvalue weighted by atomic mass is 10.1. The van der Waals surface area contributed by atoms with Gasteiger partial charge in [0.05, 0.1) is 31.7 Å². The summed E-state index contributed by atoms with van der Waals surface area (Å²) in [5.41, 5.74) is 4.51. The summed E-state index contributed by atoms with van der Waals surface area (Å²) in [7, 11) is 0. The smallest absolute Gasteiger partial charge is 0.256 e. The summed E-state index contributed by atoms with van der Waals surface area (Å²) in [5.74, 6) is 0.193. The molecule has 0 aliphatic carbocycles. The number of nitrogens with zero attached hydrogens (tertiary/aromatic N) is 2. The first-order chi connectivity index (χ1) is 12.0. The largest absolute Gasteiger partial charge is 0.346 e. The Bertz CT molecular complexity index is 725. The number of rotatable bonds is 4. The number of aromatic nitrogens is 1. The van der Waals surface area contributed by atoms with E-state index in [0.717, 1.165) is 44.0 Å². The summed E-state index contributed by atoms with van der Waals surface area (Å²) in [4.78, 5) is 16.6. The summed E-state index contributed by atoms with van der Waals surface area (Å²) in [5, 5.41) is 0. The van der Waals surface area contributed by atoms with Crippen LogP contribution in [0.25, 0.3) is 0 Å². The van der Waals surface area contributed by atoms with Crippen LogP contribution < -0.4 is 4.90 Å². The van der Waals surface area contributed by atoms with Crippen molar-refractivity contribution in [1.82, 2.24) is 9.47 Å². The van der Waals surface area contributed by atoms with Crippen molar-refractivity contribution in [2.75, 3.05) is 26.2 Å². The topological polar surface area (TPSA) is 29.7 Å². The molecule has 0 radical (unpaired) electrons. The number of benzene rings is 1. The van der Waals surface area contributed by atoms with Gasteiger partial charge in [-0.1, -0.05) is 30.3 Å². The fraction of sp³-hybridized carbons (Fsp3) is 0.476. The Morgan fingerprint density at radius 1 is 1.12 bits per heavy atom. The molecule has 1 aliphatic heterocycles. The van der Waals surface area contributed by atoms with Gasteiger partial charge in [-0.05, 0) is 33.8 Å². The van der Waals surface area contributed by atoms with Crippen LogP contribution in [0.15, 0.2) is 36.4 Å². The Hall–Kier alpha value is -2.07. The van der Waals surface area contributed by atoms with E-state index in [1.807, 2.05) is 4.90 Å². The molecule has 1 N–H and O–H groups in total. The van der Waals surface area contributed by atoms with Gasteiger partial charge >= 0.3 is 0 Å². The Kier molecular flexibility index (Phi) is 5.28. The van der Waals surface area contributed by atoms with Crippen molar-refractivity contribution in [3.05, 3.63) is 58.9 Å². The molecular formula is C21H30N3O+. The van der Waals surface area contributed by atoms with Gasteiger partial charge in [0, 0.05) is 23.0 Å². The molecule has 4 heteroatoms. The predicted octanol–water partition coefficient (Wildman–Crippen LogP) is 2.23. The minimum absolute atomic E-state index is 0.193. The summed E-state index contributed by atoms with van der Waals surface area (Å²) in [6.45, 7) is 13.2. The zero-order chi connectivity index (χ0) is 18.0. The van der Waals surface area contributed by atoms with Crippen LogP contribution in [0.2, 0.25) is 0 Å². The van der Waals surface area contributed by atoms with Crippen molar-refractivity contribution < 1.29 is 9.69 Å². The highest BCUT2D eigenvalue weighted by molar-refractivity contribution is 5.95. The SMILES string of the molecule is Cc1cc(C(=O)N2CC[NH+](Cc3ccccc3)CC2)c(C)n1C(C)C. The molecule has 1 amide bonds. The number of piperazine rings is 1. The van der Waals surface area contributed by atoms with Gasteiger partial charge in [0.15, 0.2) is 0 Å². The van der Waals surface area contributed by atoms with Crippen molar-refractivity contribution in [3.8, 4) is 0 Å². The van der Waals surface area contributed by atoms with Crippen LogP contribution in [0.1, 0.15) is 47.2 Å². The zero-order valence-electron chi connectivity index (χ0n) is 15.9. The molecule has 4 nitrogen and oxygen atoms in total. The quantitative estimate of drug-likeness (QED) is 0.909. The highest BCUT2D eigenvalue weighted by Gasteiger charge is 2.27. The van der Waals surface area contributed by atoms with Crippen LogP contribution in [0.4, 0.5) is 0 Å². The van der Waals surface area contributed by atoms with Crippen molar-refractivity contribution in [2.45, 2.75) is 40.3 Å². The Morgan fingerprint density at radius 3 is 2.32 bits per heavy atom. The van der Waals surface area contributed by atoms with Crippen molar-refractivity contribution in [3.63, 3.8) is 0 Å². The molecule has 0 spiro atoms. The van der Waals surface area contributed by atoms with Crippen molar-refractivity contribution in [1.29, 1.82) is 0 Å². The van der Waals surface area contributed by atoms with E-state index in [-0.39, 0.29) is 5.91 Å². The second kappa shape index (κ2) is 7.44. The number of quaternary nitrogens is 1. The van der Waals surface area contributed by atoms with Gasteiger partial charge in [-0.2, -0.15) is 0 Å². The van der Waals surface area contributed by atoms with E-state index in [9.17, 15) is 4.79 Å². The van der Waals surface area contributed by atoms with Gasteiger partial charge in [0.2, 0.25) is 0 Å². The molecule has 1 aromatic heterocycles. The minimum atomic E-state index is 0.193. The predicted molar refractivity (Wildman–Crippen MR) is 101 cm³/mol. The molecule has 1 fully saturated rings. The maximum absolute atomic E-state index is 13.0. The Labute approximate surface area is 151 Å². The number of nitrogens with one attached hydrogen (secondary N) is 1. The normalized spacial score (nSPS) is 15.8. The van der Waals surface area contributed by atoms with E-state index in [0.29, 0.717) is 6.04 Å². The van der Waals surface area contributed by atoms with Crippen LogP contribution in [0, 0.1) is 13.8 Å². The van der Waals surface area contributed by atoms with Gasteiger partial charge in [0.25, 0.3) is 5.91 Å². The average Bonchev–Trinajstić information content (AvgIpc) is 2.90. The highest BCUT2D eigenvalue weighted by Crippen LogP contribution is 2.21. The monoisotopic (exact) mass is 340 g/mol. The summed E-state index contributed by atoms with van der Waals surface area (Å²) >= 11 is 0. The van der Waals surface area contributed by atoms with Gasteiger partial charge in [0.1, 0.15) is 6.54 Å². The first-order valence-corrected chi connectivity index (χ1v) is 9.32. The van der Waals surface area contributed by atoms with Gasteiger partial charge in [-0.15, -0.1) is 0 Å². The standard InChI is InChI=1S/C21H29N3O/c1-16(2)24-17(3)14-20(18(24)4)21(25)23-12-10-22(11-13-23)15-19-8-6-5-7-9-19/h5-9,14,16H,10-13,15H2,1-4H3/p+1. The highest BCUT2D eigenvalue weighted by atomic mass is 16.2. The van der Waals surface area contributed by atoms with Gasteiger partial charge in [-0.3, -0.25) is 4.79 Å². The fourth-order valence-corrected chi connectivity index (χ4v) is 4.05. The molecular weight excluding hydrogens is 310 g/mol. The van der Waals surface area contributed by atoms with Crippen LogP contribution >= 0.6 is 0 Å². The number of hydrogen-bond acceptors (Lipinski definition) is 1. The molecule has 0 bridgehead atoms. The fourth-order valence-electron chi connectivity index (χ4n) is 4.05. The van der Waals surface area contributed by atoms with E-state index in [2.05, 4.69) is 68.7 Å². The van der Waals surface area contributed by atoms with E-state index < -0.39 is 0 Å². The van der Waals surface area contributed by atoms with Crippen LogP contribution in [0.3, 0.4) is 0 Å². The molecule has 0 atom stereocenters. The summed E-state index contributed by atoms with van der Waals surface area (Å²) in [6, 6.07) is 13.1. The summed E-state index contributed by atoms with van der Waals surface area (Å²) < 4.78 is 2.25. The lowest BCUT2D eigenvalue weighted by molar-refractivity contribution is -0.917. The molecule has 2 heterocycles. The third-order valence-electron chi connectivity index (χ3n) is 5.29. The first kappa shape index (κ1) is 17.7. The number of amides is 1. The second-order valence-corrected chi connectivity index (χ2v) is 7.45. The van der Waals surface area contributed by atoms with Gasteiger partial charge < -0.3 is 14.4 Å². The molecule has 2 aromatic rings. The number of carbonyl (C=O) groups is 1. The molecule has 0 saturated carbocycles. The van der Waals surface area contributed by atoms with E-state index in [4.69, 9.17) is 0 Å². The third-order valence-corrected chi connectivity index (χ3v) is 5.29. The number of aryl methyl sites for hydroxylation is 1. The van der Waals surface area contributed by atoms with E-state index in [1.54, 1.807) is 4.90 Å². The molecule has 0 unspecified atom stereocenters. The summed E-state index contributed by atoms with van der Waals surface area (Å²) in [6.07, 6.45) is 0. The maximum atomic E-state index is 13.0. The van der Waals surface area contributed by atoms with E-state index >= 15 is 0 Å². The van der Waals surface area contributed by atoms with Crippen LogP contribution in [-0.2, 0) is 6.54 Å². The van der Waals surface area contributed by atoms with Crippen molar-refractivity contribution in [2.24, 2.45) is 0 Å². The molecule has 1 saturated heterocycles. The molecule has 134 valence electrons. The third kappa shape index (κ3) is 3.79. The van der Waals surface area contributed by atoms with E-state index in [1.165, 1.54) is 11.3 Å². The number of hydrogen-bond donors (Lipinski definition) is 1. The Morgan fingerprint density at radius 2 is 1.76 bits per heavy atom. The lowest BCUT2D eigenvalue weighted by Gasteiger charge is -2.32. The van der Waals surface area contributed by atoms with Gasteiger partial charge in [-0.25, -0.2) is 0 Å². The average molecular weight is 340 g/mol. The second-order valence-electron chi connectivity index (χ2n) is 7.45. The molecule has 3 rings (SSSR count). The van der Waals surface area contributed by atoms with Crippen molar-refractivity contribution >= 4 is 5.91 Å². The maximum Gasteiger partial charge on any atom is 0.256 e. The first-order valence-electron chi connectivity index (χ1n) is 9.32. The van der Waals surface area contributed by atoms with Crippen LogP contribution in [-0.4, -0.2) is 41.6 Å². The molecule has 1 aliphatic rings. The molecule has 25 heavy (non-hydrogen) atoms. The zero-order valence-corrected chi connectivity index (χ0v) is 15.9. The van der Waals surface area contributed by atoms with Crippen LogP contribution in [0.5, 0.6) is 0 Å². The molecule has 1 aromatic carbocycles. The lowest BCUT2D eigenvalue weighted by Crippen LogP contribution is -3.13. The number of carbonyl (C=O) groups excluding carboxylic acids is 1. The minimum Gasteiger partial charge on any atom is -0.346 e. The Balaban J connectivity index is 1.63.